The van der Waals surface area contributed by atoms with E-state index in [9.17, 15) is 4.79 Å². The van der Waals surface area contributed by atoms with Gasteiger partial charge in [-0.15, -0.1) is 0 Å². The number of nitrogens with zero attached hydrogens (tertiary/aromatic N) is 1. The number of amides is 1. The first-order valence-corrected chi connectivity index (χ1v) is 5.38. The van der Waals surface area contributed by atoms with Crippen molar-refractivity contribution in [2.45, 2.75) is 39.0 Å². The fraction of sp³-hybridized carbons (Fsp3) is 0.500. The molecule has 1 aromatic heterocycles. The van der Waals surface area contributed by atoms with Gasteiger partial charge in [0, 0.05) is 18.3 Å². The second-order valence-corrected chi connectivity index (χ2v) is 3.85. The van der Waals surface area contributed by atoms with Gasteiger partial charge in [0.25, 0.3) is 0 Å². The molecule has 1 rings (SSSR count). The Labute approximate surface area is 90.7 Å². The lowest BCUT2D eigenvalue weighted by molar-refractivity contribution is -0.118. The largest absolute Gasteiger partial charge is 0.370 e. The molecular formula is C12H18N2O. The molecule has 1 amide bonds. The summed E-state index contributed by atoms with van der Waals surface area (Å²) in [5, 5.41) is 0. The van der Waals surface area contributed by atoms with Gasteiger partial charge >= 0.3 is 0 Å². The molecule has 1 aromatic rings. The van der Waals surface area contributed by atoms with Crippen LogP contribution in [0.15, 0.2) is 18.3 Å². The molecule has 0 radical (unpaired) electrons. The van der Waals surface area contributed by atoms with Crippen LogP contribution in [-0.2, 0) is 11.2 Å². The molecule has 0 aliphatic carbocycles. The highest BCUT2D eigenvalue weighted by molar-refractivity contribution is 5.73. The van der Waals surface area contributed by atoms with Crippen LogP contribution in [0.4, 0.5) is 0 Å². The van der Waals surface area contributed by atoms with Gasteiger partial charge in [-0.2, -0.15) is 0 Å². The van der Waals surface area contributed by atoms with Crippen LogP contribution < -0.4 is 5.73 Å². The van der Waals surface area contributed by atoms with E-state index < -0.39 is 0 Å². The van der Waals surface area contributed by atoms with Gasteiger partial charge in [-0.25, -0.2) is 0 Å². The molecule has 82 valence electrons. The quantitative estimate of drug-likeness (QED) is 0.723. The fourth-order valence-corrected chi connectivity index (χ4v) is 1.43. The molecule has 1 heterocycles. The average molecular weight is 206 g/mol. The minimum Gasteiger partial charge on any atom is -0.370 e. The lowest BCUT2D eigenvalue weighted by Crippen LogP contribution is -2.09. The Balaban J connectivity index is 2.15. The Morgan fingerprint density at radius 3 is 2.73 bits per heavy atom. The summed E-state index contributed by atoms with van der Waals surface area (Å²) in [6.07, 6.45) is 6.38. The smallest absolute Gasteiger partial charge is 0.217 e. The van der Waals surface area contributed by atoms with Crippen LogP contribution in [0.25, 0.3) is 0 Å². The standard InChI is InChI=1S/C12H18N2O/c1-10-7-8-11(14-9-10)5-3-2-4-6-12(13)15/h7-9H,2-6H2,1H3,(H2,13,15). The lowest BCUT2D eigenvalue weighted by atomic mass is 10.1. The van der Waals surface area contributed by atoms with Gasteiger partial charge in [-0.05, 0) is 37.8 Å². The Hall–Kier alpha value is -1.38. The summed E-state index contributed by atoms with van der Waals surface area (Å²) < 4.78 is 0. The summed E-state index contributed by atoms with van der Waals surface area (Å²) in [6.45, 7) is 2.03. The highest BCUT2D eigenvalue weighted by Crippen LogP contribution is 2.06. The van der Waals surface area contributed by atoms with E-state index in [0.29, 0.717) is 6.42 Å². The molecule has 0 aliphatic heterocycles. The summed E-state index contributed by atoms with van der Waals surface area (Å²) in [4.78, 5) is 14.8. The predicted molar refractivity (Wildman–Crippen MR) is 60.3 cm³/mol. The zero-order valence-electron chi connectivity index (χ0n) is 9.20. The second kappa shape index (κ2) is 6.17. The van der Waals surface area contributed by atoms with Crippen molar-refractivity contribution in [3.05, 3.63) is 29.6 Å². The van der Waals surface area contributed by atoms with E-state index in [1.54, 1.807) is 0 Å². The molecule has 3 heteroatoms. The first-order chi connectivity index (χ1) is 7.18. The SMILES string of the molecule is Cc1ccc(CCCCCC(N)=O)nc1. The van der Waals surface area contributed by atoms with Crippen molar-refractivity contribution in [1.29, 1.82) is 0 Å². The third kappa shape index (κ3) is 5.15. The molecule has 0 unspecified atom stereocenters. The highest BCUT2D eigenvalue weighted by Gasteiger charge is 1.97. The van der Waals surface area contributed by atoms with Gasteiger partial charge in [-0.3, -0.25) is 9.78 Å². The molecular weight excluding hydrogens is 188 g/mol. The molecule has 0 spiro atoms. The Morgan fingerprint density at radius 1 is 1.33 bits per heavy atom. The molecule has 3 nitrogen and oxygen atoms in total. The van der Waals surface area contributed by atoms with Crippen molar-refractivity contribution in [2.75, 3.05) is 0 Å². The number of aromatic nitrogens is 1. The topological polar surface area (TPSA) is 56.0 Å². The minimum absolute atomic E-state index is 0.205. The molecule has 2 N–H and O–H groups in total. The summed E-state index contributed by atoms with van der Waals surface area (Å²) in [5.41, 5.74) is 7.36. The maximum Gasteiger partial charge on any atom is 0.217 e. The number of hydrogen-bond acceptors (Lipinski definition) is 2. The van der Waals surface area contributed by atoms with Gasteiger partial charge in [-0.1, -0.05) is 12.5 Å². The average Bonchev–Trinajstić information content (AvgIpc) is 2.20. The van der Waals surface area contributed by atoms with Crippen LogP contribution in [0, 0.1) is 6.92 Å². The van der Waals surface area contributed by atoms with Crippen LogP contribution in [0.1, 0.15) is 36.9 Å². The molecule has 0 bridgehead atoms. The van der Waals surface area contributed by atoms with Crippen molar-refractivity contribution in [2.24, 2.45) is 5.73 Å². The number of primary amides is 1. The summed E-state index contributed by atoms with van der Waals surface area (Å²) in [5.74, 6) is -0.205. The summed E-state index contributed by atoms with van der Waals surface area (Å²) in [6, 6.07) is 4.13. The van der Waals surface area contributed by atoms with Crippen LogP contribution in [0.2, 0.25) is 0 Å². The number of hydrogen-bond donors (Lipinski definition) is 1. The fourth-order valence-electron chi connectivity index (χ4n) is 1.43. The molecule has 15 heavy (non-hydrogen) atoms. The van der Waals surface area contributed by atoms with E-state index in [0.717, 1.165) is 31.4 Å². The molecule has 0 fully saturated rings. The molecule has 0 atom stereocenters. The second-order valence-electron chi connectivity index (χ2n) is 3.85. The Morgan fingerprint density at radius 2 is 2.13 bits per heavy atom. The zero-order valence-corrected chi connectivity index (χ0v) is 9.20. The summed E-state index contributed by atoms with van der Waals surface area (Å²) >= 11 is 0. The van der Waals surface area contributed by atoms with E-state index in [4.69, 9.17) is 5.73 Å². The van der Waals surface area contributed by atoms with Crippen molar-refractivity contribution in [3.63, 3.8) is 0 Å². The van der Waals surface area contributed by atoms with Crippen molar-refractivity contribution < 1.29 is 4.79 Å². The van der Waals surface area contributed by atoms with E-state index in [-0.39, 0.29) is 5.91 Å². The highest BCUT2D eigenvalue weighted by atomic mass is 16.1. The molecule has 0 aromatic carbocycles. The summed E-state index contributed by atoms with van der Waals surface area (Å²) in [7, 11) is 0. The van der Waals surface area contributed by atoms with Gasteiger partial charge in [0.2, 0.25) is 5.91 Å². The first kappa shape index (κ1) is 11.7. The van der Waals surface area contributed by atoms with Gasteiger partial charge in [0.15, 0.2) is 0 Å². The minimum atomic E-state index is -0.205. The third-order valence-electron chi connectivity index (χ3n) is 2.33. The van der Waals surface area contributed by atoms with Crippen LogP contribution in [-0.4, -0.2) is 10.9 Å². The van der Waals surface area contributed by atoms with Gasteiger partial charge in [0.05, 0.1) is 0 Å². The van der Waals surface area contributed by atoms with Gasteiger partial charge in [0.1, 0.15) is 0 Å². The third-order valence-corrected chi connectivity index (χ3v) is 2.33. The number of rotatable bonds is 6. The number of unbranched alkanes of at least 4 members (excludes halogenated alkanes) is 2. The maximum atomic E-state index is 10.5. The van der Waals surface area contributed by atoms with Crippen molar-refractivity contribution in [3.8, 4) is 0 Å². The molecule has 0 saturated carbocycles. The Bertz CT molecular complexity index is 306. The normalized spacial score (nSPS) is 10.2. The lowest BCUT2D eigenvalue weighted by Gasteiger charge is -2.00. The van der Waals surface area contributed by atoms with Crippen LogP contribution in [0.3, 0.4) is 0 Å². The number of aryl methyl sites for hydroxylation is 2. The zero-order chi connectivity index (χ0) is 11.1. The number of carbonyl (C=O) groups is 1. The Kier molecular flexibility index (Phi) is 4.81. The van der Waals surface area contributed by atoms with E-state index in [1.165, 1.54) is 5.56 Å². The first-order valence-electron chi connectivity index (χ1n) is 5.38. The van der Waals surface area contributed by atoms with Gasteiger partial charge < -0.3 is 5.73 Å². The van der Waals surface area contributed by atoms with Crippen molar-refractivity contribution >= 4 is 5.91 Å². The predicted octanol–water partition coefficient (Wildman–Crippen LogP) is 1.98. The van der Waals surface area contributed by atoms with Crippen LogP contribution in [0.5, 0.6) is 0 Å². The van der Waals surface area contributed by atoms with Crippen molar-refractivity contribution in [1.82, 2.24) is 4.98 Å². The van der Waals surface area contributed by atoms with E-state index >= 15 is 0 Å². The molecule has 0 aliphatic rings. The monoisotopic (exact) mass is 206 g/mol. The van der Waals surface area contributed by atoms with Crippen LogP contribution >= 0.6 is 0 Å². The number of nitrogens with two attached hydrogens (primary N) is 1. The van der Waals surface area contributed by atoms with E-state index in [2.05, 4.69) is 17.1 Å². The number of pyridine rings is 1. The number of carbonyl (C=O) groups excluding carboxylic acids is 1. The molecule has 0 saturated heterocycles. The maximum absolute atomic E-state index is 10.5. The van der Waals surface area contributed by atoms with E-state index in [1.807, 2.05) is 13.1 Å².